The van der Waals surface area contributed by atoms with Crippen molar-refractivity contribution in [3.63, 3.8) is 0 Å². The number of anilines is 2. The number of benzene rings is 1. The van der Waals surface area contributed by atoms with Gasteiger partial charge in [0.1, 0.15) is 11.6 Å². The topological polar surface area (TPSA) is 39.6 Å². The summed E-state index contributed by atoms with van der Waals surface area (Å²) < 4.78 is 2.27. The minimum atomic E-state index is 0.153. The number of aromatic nitrogens is 2. The summed E-state index contributed by atoms with van der Waals surface area (Å²) >= 11 is 0. The second-order valence-electron chi connectivity index (χ2n) is 11.3. The molecule has 6 rings (SSSR count). The van der Waals surface area contributed by atoms with Gasteiger partial charge in [0, 0.05) is 77.5 Å². The lowest BCUT2D eigenvalue weighted by molar-refractivity contribution is 0.234. The Bertz CT molecular complexity index is 1510. The van der Waals surface area contributed by atoms with E-state index >= 15 is 0 Å². The number of fused-ring (bicyclic) bond motifs is 1. The molecule has 0 saturated carbocycles. The number of piperidine rings is 2. The zero-order chi connectivity index (χ0) is 27.1. The van der Waals surface area contributed by atoms with E-state index in [1.165, 1.54) is 29.3 Å². The van der Waals surface area contributed by atoms with Crippen molar-refractivity contribution in [2.45, 2.75) is 38.1 Å². The van der Waals surface area contributed by atoms with Crippen LogP contribution in [0.5, 0.6) is 0 Å². The Morgan fingerprint density at radius 2 is 1.67 bits per heavy atom. The number of nitrogens with zero attached hydrogens (tertiary/aromatic N) is 5. The van der Waals surface area contributed by atoms with Crippen LogP contribution in [0.4, 0.5) is 11.5 Å². The lowest BCUT2D eigenvalue weighted by atomic mass is 9.95. The zero-order valence-electron chi connectivity index (χ0n) is 23.0. The largest absolute Gasteiger partial charge is 0.371 e. The summed E-state index contributed by atoms with van der Waals surface area (Å²) in [6.07, 6.45) is 7.27. The Hall–Kier alpha value is -3.93. The van der Waals surface area contributed by atoms with Gasteiger partial charge in [0.05, 0.1) is 6.04 Å². The molecule has 3 aliphatic rings. The molecule has 3 aromatic rings. The average Bonchev–Trinajstić information content (AvgIpc) is 3.20. The van der Waals surface area contributed by atoms with Crippen LogP contribution in [0.1, 0.15) is 38.1 Å². The highest BCUT2D eigenvalue weighted by Gasteiger charge is 2.28. The molecule has 1 N–H and O–H groups in total. The summed E-state index contributed by atoms with van der Waals surface area (Å²) in [6, 6.07) is 13.0. The zero-order valence-corrected chi connectivity index (χ0v) is 23.0. The van der Waals surface area contributed by atoms with Gasteiger partial charge in [0.25, 0.3) is 0 Å². The fourth-order valence-electron chi connectivity index (χ4n) is 6.65. The summed E-state index contributed by atoms with van der Waals surface area (Å²) in [7, 11) is 0. The van der Waals surface area contributed by atoms with E-state index in [4.69, 9.17) is 0 Å². The van der Waals surface area contributed by atoms with Gasteiger partial charge in [0.15, 0.2) is 0 Å². The SMILES string of the molecule is C=C1CCC(n2c(=C)c3ccc(N4CCC(CN5CCCN(c6ccccn6)C5=C)CC4)cc3c2=C)C(=C)N1. The van der Waals surface area contributed by atoms with Crippen LogP contribution in [0.2, 0.25) is 0 Å². The smallest absolute Gasteiger partial charge is 0.133 e. The normalized spacial score (nSPS) is 21.1. The van der Waals surface area contributed by atoms with Gasteiger partial charge in [-0.3, -0.25) is 0 Å². The number of nitrogens with one attached hydrogen (secondary N) is 1. The second kappa shape index (κ2) is 10.3. The van der Waals surface area contributed by atoms with E-state index in [1.807, 2.05) is 18.3 Å². The Labute approximate surface area is 231 Å². The first kappa shape index (κ1) is 25.4. The van der Waals surface area contributed by atoms with E-state index in [2.05, 4.69) is 86.7 Å². The summed E-state index contributed by atoms with van der Waals surface area (Å²) in [5.41, 5.74) is 3.29. The van der Waals surface area contributed by atoms with E-state index < -0.39 is 0 Å². The standard InChI is InChI=1S/C33H40N6/c1-23-10-13-32(24(2)35-23)39-25(3)30-12-11-29(21-31(30)26(39)4)36-19-14-28(15-20-36)22-37-17-8-18-38(27(37)5)33-9-6-7-16-34-33/h6-7,9,11-12,16,21,28,32,35H,1-5,8,10,13-15,17-20,22H2. The molecule has 0 spiro atoms. The predicted octanol–water partition coefficient (Wildman–Crippen LogP) is 4.71. The van der Waals surface area contributed by atoms with Gasteiger partial charge < -0.3 is 24.6 Å². The van der Waals surface area contributed by atoms with E-state index in [0.717, 1.165) is 85.7 Å². The van der Waals surface area contributed by atoms with Crippen molar-refractivity contribution in [1.82, 2.24) is 19.8 Å². The first-order valence-corrected chi connectivity index (χ1v) is 14.2. The molecule has 202 valence electrons. The number of rotatable bonds is 5. The van der Waals surface area contributed by atoms with Crippen molar-refractivity contribution >= 4 is 35.4 Å². The van der Waals surface area contributed by atoms with Crippen LogP contribution in [-0.2, 0) is 0 Å². The van der Waals surface area contributed by atoms with Crippen LogP contribution in [0.15, 0.2) is 79.5 Å². The minimum Gasteiger partial charge on any atom is -0.371 e. The van der Waals surface area contributed by atoms with Crippen molar-refractivity contribution in [3.05, 3.63) is 90.2 Å². The highest BCUT2D eigenvalue weighted by atomic mass is 15.4. The van der Waals surface area contributed by atoms with Crippen molar-refractivity contribution < 1.29 is 0 Å². The summed E-state index contributed by atoms with van der Waals surface area (Å²) in [4.78, 5) is 11.8. The lowest BCUT2D eigenvalue weighted by Crippen LogP contribution is -2.46. The molecule has 1 unspecified atom stereocenters. The Morgan fingerprint density at radius 1 is 0.872 bits per heavy atom. The fraction of sp³-hybridized carbons (Fsp3) is 0.364. The van der Waals surface area contributed by atoms with Crippen molar-refractivity contribution in [2.24, 2.45) is 5.92 Å². The van der Waals surface area contributed by atoms with Crippen molar-refractivity contribution in [3.8, 4) is 0 Å². The van der Waals surface area contributed by atoms with Crippen LogP contribution in [0, 0.1) is 5.92 Å². The van der Waals surface area contributed by atoms with E-state index in [-0.39, 0.29) is 6.04 Å². The molecule has 1 aromatic carbocycles. The molecule has 0 radical (unpaired) electrons. The van der Waals surface area contributed by atoms with E-state index in [1.54, 1.807) is 0 Å². The summed E-state index contributed by atoms with van der Waals surface area (Å²) in [6.45, 7) is 27.0. The molecule has 2 aromatic heterocycles. The molecule has 6 heteroatoms. The molecule has 3 fully saturated rings. The molecule has 39 heavy (non-hydrogen) atoms. The third kappa shape index (κ3) is 4.73. The van der Waals surface area contributed by atoms with Gasteiger partial charge in [-0.25, -0.2) is 4.98 Å². The maximum Gasteiger partial charge on any atom is 0.133 e. The number of pyridine rings is 1. The molecule has 0 aliphatic carbocycles. The van der Waals surface area contributed by atoms with Crippen LogP contribution < -0.4 is 25.8 Å². The number of allylic oxidation sites excluding steroid dienone is 2. The highest BCUT2D eigenvalue weighted by molar-refractivity contribution is 5.87. The van der Waals surface area contributed by atoms with Crippen LogP contribution in [0.3, 0.4) is 0 Å². The molecule has 3 aliphatic heterocycles. The lowest BCUT2D eigenvalue weighted by Gasteiger charge is -2.42. The highest BCUT2D eigenvalue weighted by Crippen LogP contribution is 2.30. The third-order valence-electron chi connectivity index (χ3n) is 8.85. The molecule has 6 nitrogen and oxygen atoms in total. The van der Waals surface area contributed by atoms with Crippen LogP contribution >= 0.6 is 0 Å². The second-order valence-corrected chi connectivity index (χ2v) is 11.3. The molecule has 1 atom stereocenters. The predicted molar refractivity (Wildman–Crippen MR) is 164 cm³/mol. The van der Waals surface area contributed by atoms with Gasteiger partial charge >= 0.3 is 0 Å². The molecule has 5 heterocycles. The van der Waals surface area contributed by atoms with Gasteiger partial charge in [-0.15, -0.1) is 0 Å². The Kier molecular flexibility index (Phi) is 6.71. The molecular formula is C33H40N6. The first-order chi connectivity index (χ1) is 18.9. The van der Waals surface area contributed by atoms with E-state index in [9.17, 15) is 0 Å². The monoisotopic (exact) mass is 520 g/mol. The van der Waals surface area contributed by atoms with Gasteiger partial charge in [-0.2, -0.15) is 0 Å². The Balaban J connectivity index is 1.13. The number of hydrogen-bond donors (Lipinski definition) is 1. The van der Waals surface area contributed by atoms with Crippen molar-refractivity contribution in [1.29, 1.82) is 0 Å². The summed E-state index contributed by atoms with van der Waals surface area (Å²) in [5, 5.41) is 7.75. The van der Waals surface area contributed by atoms with Gasteiger partial charge in [-0.05, 0) is 62.3 Å². The molecular weight excluding hydrogens is 480 g/mol. The van der Waals surface area contributed by atoms with E-state index in [0.29, 0.717) is 5.92 Å². The molecule has 0 bridgehead atoms. The fourth-order valence-corrected chi connectivity index (χ4v) is 6.65. The minimum absolute atomic E-state index is 0.153. The number of hydrogen-bond acceptors (Lipinski definition) is 5. The Morgan fingerprint density at radius 3 is 2.41 bits per heavy atom. The maximum atomic E-state index is 4.56. The quantitative estimate of drug-likeness (QED) is 0.528. The molecule has 3 saturated heterocycles. The maximum absolute atomic E-state index is 4.56. The van der Waals surface area contributed by atoms with Crippen molar-refractivity contribution in [2.75, 3.05) is 42.5 Å². The van der Waals surface area contributed by atoms with Gasteiger partial charge in [-0.1, -0.05) is 45.0 Å². The summed E-state index contributed by atoms with van der Waals surface area (Å²) in [5.74, 6) is 2.75. The van der Waals surface area contributed by atoms with Gasteiger partial charge in [0.2, 0.25) is 0 Å². The average molecular weight is 521 g/mol. The van der Waals surface area contributed by atoms with Crippen LogP contribution in [0.25, 0.3) is 23.9 Å². The third-order valence-corrected chi connectivity index (χ3v) is 8.85. The van der Waals surface area contributed by atoms with Crippen LogP contribution in [-0.4, -0.2) is 47.2 Å². The first-order valence-electron chi connectivity index (χ1n) is 14.2. The molecule has 0 amide bonds.